The van der Waals surface area contributed by atoms with Crippen LogP contribution in [0, 0.1) is 0 Å². The predicted molar refractivity (Wildman–Crippen MR) is 110 cm³/mol. The Hall–Kier alpha value is -1.75. The first-order valence-electron chi connectivity index (χ1n) is 9.15. The number of amides is 1. The van der Waals surface area contributed by atoms with Gasteiger partial charge >= 0.3 is 0 Å². The van der Waals surface area contributed by atoms with Crippen LogP contribution in [0.1, 0.15) is 30.0 Å². The van der Waals surface area contributed by atoms with Gasteiger partial charge in [0, 0.05) is 16.6 Å². The van der Waals surface area contributed by atoms with Gasteiger partial charge in [0.05, 0.1) is 19.6 Å². The number of likely N-dealkylation sites (tertiary alicyclic amines) is 1. The van der Waals surface area contributed by atoms with E-state index in [1.165, 1.54) is 18.4 Å². The Bertz CT molecular complexity index is 774. The van der Waals surface area contributed by atoms with E-state index in [9.17, 15) is 4.79 Å². The molecule has 0 aromatic heterocycles. The molecule has 0 spiro atoms. The average Bonchev–Trinajstić information content (AvgIpc) is 3.19. The number of halogens is 2. The molecule has 2 aromatic carbocycles. The molecule has 0 saturated carbocycles. The zero-order valence-corrected chi connectivity index (χ0v) is 16.9. The van der Waals surface area contributed by atoms with E-state index in [2.05, 4.69) is 22.3 Å². The van der Waals surface area contributed by atoms with Crippen LogP contribution in [-0.2, 0) is 11.2 Å². The highest BCUT2D eigenvalue weighted by atomic mass is 35.5. The van der Waals surface area contributed by atoms with Crippen molar-refractivity contribution in [1.29, 1.82) is 0 Å². The van der Waals surface area contributed by atoms with Crippen LogP contribution in [0.5, 0.6) is 5.75 Å². The van der Waals surface area contributed by atoms with Gasteiger partial charge in [0.15, 0.2) is 0 Å². The normalized spacial score (nSPS) is 15.5. The summed E-state index contributed by atoms with van der Waals surface area (Å²) in [5, 5.41) is 4.16. The van der Waals surface area contributed by atoms with Gasteiger partial charge in [-0.25, -0.2) is 0 Å². The quantitative estimate of drug-likeness (QED) is 0.735. The summed E-state index contributed by atoms with van der Waals surface area (Å²) >= 11 is 12.1. The van der Waals surface area contributed by atoms with E-state index in [1.807, 2.05) is 12.1 Å². The maximum Gasteiger partial charge on any atom is 0.224 e. The van der Waals surface area contributed by atoms with Crippen LogP contribution in [0.15, 0.2) is 42.5 Å². The Labute approximate surface area is 170 Å². The molecule has 0 radical (unpaired) electrons. The summed E-state index contributed by atoms with van der Waals surface area (Å²) in [5.74, 6) is 0.789. The second-order valence-electron chi connectivity index (χ2n) is 6.75. The first-order chi connectivity index (χ1) is 13.1. The van der Waals surface area contributed by atoms with E-state index < -0.39 is 0 Å². The van der Waals surface area contributed by atoms with Gasteiger partial charge in [-0.05, 0) is 61.3 Å². The molecule has 1 heterocycles. The molecule has 144 valence electrons. The van der Waals surface area contributed by atoms with Gasteiger partial charge in [0.25, 0.3) is 0 Å². The summed E-state index contributed by atoms with van der Waals surface area (Å²) in [7, 11) is 1.66. The predicted octanol–water partition coefficient (Wildman–Crippen LogP) is 4.50. The second kappa shape index (κ2) is 9.45. The molecule has 2 aromatic rings. The number of nitrogens with zero attached hydrogens (tertiary/aromatic N) is 1. The van der Waals surface area contributed by atoms with Gasteiger partial charge in [-0.3, -0.25) is 9.69 Å². The van der Waals surface area contributed by atoms with E-state index in [-0.39, 0.29) is 18.4 Å². The summed E-state index contributed by atoms with van der Waals surface area (Å²) in [6, 6.07) is 13.4. The fraction of sp³-hybridized carbons (Fsp3) is 0.381. The summed E-state index contributed by atoms with van der Waals surface area (Å²) in [5.41, 5.74) is 1.96. The monoisotopic (exact) mass is 406 g/mol. The highest BCUT2D eigenvalue weighted by Gasteiger charge is 2.24. The minimum absolute atomic E-state index is 0.0445. The minimum atomic E-state index is -0.0445. The lowest BCUT2D eigenvalue weighted by molar-refractivity contribution is -0.120. The average molecular weight is 407 g/mol. The summed E-state index contributed by atoms with van der Waals surface area (Å²) < 4.78 is 5.25. The van der Waals surface area contributed by atoms with E-state index in [0.717, 1.165) is 24.4 Å². The first kappa shape index (κ1) is 20.0. The molecule has 1 aliphatic rings. The van der Waals surface area contributed by atoms with Crippen molar-refractivity contribution in [3.63, 3.8) is 0 Å². The van der Waals surface area contributed by atoms with Crippen molar-refractivity contribution in [3.8, 4) is 5.75 Å². The molecule has 1 saturated heterocycles. The van der Waals surface area contributed by atoms with Crippen LogP contribution in [0.3, 0.4) is 0 Å². The minimum Gasteiger partial charge on any atom is -0.497 e. The standard InChI is InChI=1S/C21H24Cl2N2O2/c1-27-18-8-5-15(6-9-18)20(25-10-2-3-11-25)14-24-21(26)12-16-4-7-17(22)13-19(16)23/h4-9,13,20H,2-3,10-12,14H2,1H3,(H,24,26)/t20-/m0/s1. The van der Waals surface area contributed by atoms with E-state index in [0.29, 0.717) is 16.6 Å². The molecule has 1 aliphatic heterocycles. The van der Waals surface area contributed by atoms with Crippen LogP contribution in [0.4, 0.5) is 0 Å². The largest absolute Gasteiger partial charge is 0.497 e. The molecule has 1 N–H and O–H groups in total. The molecular formula is C21H24Cl2N2O2. The molecule has 4 nitrogen and oxygen atoms in total. The maximum absolute atomic E-state index is 12.5. The molecular weight excluding hydrogens is 383 g/mol. The van der Waals surface area contributed by atoms with E-state index in [4.69, 9.17) is 27.9 Å². The number of ether oxygens (including phenoxy) is 1. The zero-order valence-electron chi connectivity index (χ0n) is 15.4. The molecule has 6 heteroatoms. The summed E-state index contributed by atoms with van der Waals surface area (Å²) in [6.07, 6.45) is 2.63. The number of benzene rings is 2. The van der Waals surface area contributed by atoms with Gasteiger partial charge in [-0.15, -0.1) is 0 Å². The topological polar surface area (TPSA) is 41.6 Å². The number of carbonyl (C=O) groups is 1. The zero-order chi connectivity index (χ0) is 19.2. The van der Waals surface area contributed by atoms with Crippen LogP contribution in [-0.4, -0.2) is 37.6 Å². The fourth-order valence-electron chi connectivity index (χ4n) is 3.45. The van der Waals surface area contributed by atoms with Gasteiger partial charge in [0.1, 0.15) is 5.75 Å². The van der Waals surface area contributed by atoms with Crippen molar-refractivity contribution in [1.82, 2.24) is 10.2 Å². The molecule has 0 bridgehead atoms. The lowest BCUT2D eigenvalue weighted by Gasteiger charge is -2.28. The van der Waals surface area contributed by atoms with Gasteiger partial charge in [-0.1, -0.05) is 41.4 Å². The molecule has 1 amide bonds. The van der Waals surface area contributed by atoms with E-state index >= 15 is 0 Å². The van der Waals surface area contributed by atoms with Crippen LogP contribution in [0.25, 0.3) is 0 Å². The number of rotatable bonds is 7. The molecule has 0 aliphatic carbocycles. The van der Waals surface area contributed by atoms with Crippen molar-refractivity contribution in [2.45, 2.75) is 25.3 Å². The van der Waals surface area contributed by atoms with Crippen LogP contribution < -0.4 is 10.1 Å². The van der Waals surface area contributed by atoms with E-state index in [1.54, 1.807) is 25.3 Å². The van der Waals surface area contributed by atoms with Crippen molar-refractivity contribution in [2.75, 3.05) is 26.7 Å². The van der Waals surface area contributed by atoms with Gasteiger partial charge in [0.2, 0.25) is 5.91 Å². The SMILES string of the molecule is COc1ccc([C@H](CNC(=O)Cc2ccc(Cl)cc2Cl)N2CCCC2)cc1. The number of hydrogen-bond acceptors (Lipinski definition) is 3. The number of nitrogens with one attached hydrogen (secondary N) is 1. The number of methoxy groups -OCH3 is 1. The van der Waals surface area contributed by atoms with Crippen molar-refractivity contribution < 1.29 is 9.53 Å². The number of hydrogen-bond donors (Lipinski definition) is 1. The lowest BCUT2D eigenvalue weighted by Crippen LogP contribution is -2.37. The van der Waals surface area contributed by atoms with Crippen LogP contribution >= 0.6 is 23.2 Å². The fourth-order valence-corrected chi connectivity index (χ4v) is 3.92. The molecule has 0 unspecified atom stereocenters. The van der Waals surface area contributed by atoms with Crippen molar-refractivity contribution >= 4 is 29.1 Å². The van der Waals surface area contributed by atoms with Gasteiger partial charge < -0.3 is 10.1 Å². The maximum atomic E-state index is 12.5. The molecule has 3 rings (SSSR count). The highest BCUT2D eigenvalue weighted by Crippen LogP contribution is 2.26. The Morgan fingerprint density at radius 3 is 2.48 bits per heavy atom. The first-order valence-corrected chi connectivity index (χ1v) is 9.91. The third kappa shape index (κ3) is 5.38. The third-order valence-corrected chi connectivity index (χ3v) is 5.53. The number of carbonyl (C=O) groups excluding carboxylic acids is 1. The summed E-state index contributed by atoms with van der Waals surface area (Å²) in [6.45, 7) is 2.67. The highest BCUT2D eigenvalue weighted by molar-refractivity contribution is 6.35. The van der Waals surface area contributed by atoms with Crippen molar-refractivity contribution in [2.24, 2.45) is 0 Å². The van der Waals surface area contributed by atoms with Crippen molar-refractivity contribution in [3.05, 3.63) is 63.6 Å². The summed E-state index contributed by atoms with van der Waals surface area (Å²) in [4.78, 5) is 14.9. The second-order valence-corrected chi connectivity index (χ2v) is 7.59. The Morgan fingerprint density at radius 1 is 1.15 bits per heavy atom. The lowest BCUT2D eigenvalue weighted by atomic mass is 10.0. The Kier molecular flexibility index (Phi) is 7.00. The van der Waals surface area contributed by atoms with Gasteiger partial charge in [-0.2, -0.15) is 0 Å². The third-order valence-electron chi connectivity index (χ3n) is 4.94. The molecule has 1 atom stereocenters. The van der Waals surface area contributed by atoms with Crippen LogP contribution in [0.2, 0.25) is 10.0 Å². The smallest absolute Gasteiger partial charge is 0.224 e. The molecule has 1 fully saturated rings. The Balaban J connectivity index is 1.65. The Morgan fingerprint density at radius 2 is 1.85 bits per heavy atom. The molecule has 27 heavy (non-hydrogen) atoms.